The quantitative estimate of drug-likeness (QED) is 0.104. The Morgan fingerprint density at radius 2 is 0.390 bits per heavy atom. The summed E-state index contributed by atoms with van der Waals surface area (Å²) in [7, 11) is 7.84. The van der Waals surface area contributed by atoms with Crippen LogP contribution in [0.4, 0.5) is 0 Å². The number of hydrogen-bond donors (Lipinski definition) is 0. The Morgan fingerprint density at radius 3 is 0.463 bits per heavy atom. The topological polar surface area (TPSA) is 0 Å². The van der Waals surface area contributed by atoms with Gasteiger partial charge in [-0.05, 0) is 0 Å². The Labute approximate surface area is 270 Å². The van der Waals surface area contributed by atoms with Crippen molar-refractivity contribution in [1.29, 1.82) is 0 Å². The average molecular weight is 704 g/mol. The molecule has 0 rings (SSSR count). The van der Waals surface area contributed by atoms with Crippen LogP contribution in [-0.4, -0.2) is 55.5 Å². The zero-order chi connectivity index (χ0) is 32.6. The zero-order valence-electron chi connectivity index (χ0n) is 31.8. The monoisotopic (exact) mass is 703 g/mol. The molecule has 259 valence electrons. The Morgan fingerprint density at radius 1 is 0.293 bits per heavy atom. The normalized spacial score (nSPS) is 17.8. The minimum absolute atomic E-state index is 0.754. The van der Waals surface area contributed by atoms with E-state index >= 15 is 0 Å². The molecule has 0 aromatic carbocycles. The number of hydrogen-bond acceptors (Lipinski definition) is 0. The van der Waals surface area contributed by atoms with E-state index < -0.39 is 28.4 Å². The summed E-state index contributed by atoms with van der Waals surface area (Å²) in [5.41, 5.74) is 0. The molecule has 0 aliphatic rings. The van der Waals surface area contributed by atoms with Gasteiger partial charge < -0.3 is 0 Å². The molecule has 5 heteroatoms. The fourth-order valence-electron chi connectivity index (χ4n) is 9.14. The van der Waals surface area contributed by atoms with Crippen molar-refractivity contribution in [3.8, 4) is 0 Å². The van der Waals surface area contributed by atoms with Crippen LogP contribution in [0.5, 0.6) is 0 Å². The summed E-state index contributed by atoms with van der Waals surface area (Å²) >= 11 is 0. The summed E-state index contributed by atoms with van der Waals surface area (Å²) < 4.78 is 0. The molecule has 0 aromatic heterocycles. The Balaban J connectivity index is 8.77. The minimum atomic E-state index is -1.91. The number of halogens is 1. The molecular weight excluding hydrogens is 620 g/mol. The Kier molecular flexibility index (Phi) is 19.4. The first-order valence-electron chi connectivity index (χ1n) is 17.9. The van der Waals surface area contributed by atoms with Crippen LogP contribution < -0.4 is 0 Å². The molecule has 0 atom stereocenters. The van der Waals surface area contributed by atoms with Gasteiger partial charge in [0.05, 0.1) is 0 Å². The van der Waals surface area contributed by atoms with Gasteiger partial charge in [0.2, 0.25) is 0 Å². The fraction of sp³-hybridized carbons (Fsp3) is 1.00. The first-order valence-corrected chi connectivity index (χ1v) is 31.4. The molecule has 0 heterocycles. The van der Waals surface area contributed by atoms with Gasteiger partial charge in [-0.2, -0.15) is 0 Å². The molecule has 0 aliphatic carbocycles. The predicted octanol–water partition coefficient (Wildman–Crippen LogP) is 13.2. The number of rotatable bonds is 21. The van der Waals surface area contributed by atoms with Crippen molar-refractivity contribution in [1.82, 2.24) is 0 Å². The van der Waals surface area contributed by atoms with Crippen LogP contribution in [0.1, 0.15) is 125 Å². The summed E-state index contributed by atoms with van der Waals surface area (Å²) in [4.78, 5) is 0. The molecule has 0 radical (unpaired) electrons. The second-order valence-electron chi connectivity index (χ2n) is 18.1. The molecular formula is C36H84ClCoP3. The van der Waals surface area contributed by atoms with Crippen LogP contribution in [0.15, 0.2) is 0 Å². The van der Waals surface area contributed by atoms with E-state index in [2.05, 4.69) is 125 Å². The maximum absolute atomic E-state index is 9.60. The molecule has 41 heavy (non-hydrogen) atoms. The SMILES string of the molecule is CC(C)C[PH](CC(C)C)(CC(C)C)[Co]([Cl])([PH](CC(C)C)(CC(C)C)CC(C)C)[PH](CC(C)C)(CC(C)C)CC(C)C. The van der Waals surface area contributed by atoms with Crippen LogP contribution in [0.25, 0.3) is 0 Å². The second-order valence-corrected chi connectivity index (χ2v) is 54.2. The summed E-state index contributed by atoms with van der Waals surface area (Å²) in [6.45, 7) is 46.2. The molecule has 0 N–H and O–H groups in total. The molecule has 0 aliphatic heterocycles. The second kappa shape index (κ2) is 18.4. The van der Waals surface area contributed by atoms with Crippen LogP contribution in [-0.2, 0) is 10.4 Å². The Hall–Kier alpha value is 2.09. The van der Waals surface area contributed by atoms with E-state index in [1.807, 2.05) is 0 Å². The molecule has 0 unspecified atom stereocenters. The van der Waals surface area contributed by atoms with Gasteiger partial charge in [-0.1, -0.05) is 0 Å². The van der Waals surface area contributed by atoms with Crippen molar-refractivity contribution in [2.24, 2.45) is 53.3 Å². The van der Waals surface area contributed by atoms with Crippen LogP contribution in [0.3, 0.4) is 0 Å². The van der Waals surface area contributed by atoms with E-state index in [4.69, 9.17) is 0 Å². The summed E-state index contributed by atoms with van der Waals surface area (Å²) in [5.74, 6) is 1.05. The Bertz CT molecular complexity index is 539. The van der Waals surface area contributed by atoms with Gasteiger partial charge in [0, 0.05) is 0 Å². The predicted molar refractivity (Wildman–Crippen MR) is 208 cm³/mol. The van der Waals surface area contributed by atoms with E-state index in [-0.39, 0.29) is 0 Å². The first-order chi connectivity index (χ1) is 18.5. The molecule has 0 amide bonds. The van der Waals surface area contributed by atoms with Crippen molar-refractivity contribution in [3.63, 3.8) is 0 Å². The first kappa shape index (κ1) is 43.1. The summed E-state index contributed by atoms with van der Waals surface area (Å²) in [6, 6.07) is 0. The maximum atomic E-state index is 9.60. The molecule has 0 bridgehead atoms. The molecule has 0 aromatic rings. The van der Waals surface area contributed by atoms with E-state index in [1.54, 1.807) is 0 Å². The van der Waals surface area contributed by atoms with E-state index in [9.17, 15) is 10.1 Å². The van der Waals surface area contributed by atoms with Crippen LogP contribution in [0, 0.1) is 53.3 Å². The van der Waals surface area contributed by atoms with Gasteiger partial charge in [0.1, 0.15) is 0 Å². The fourth-order valence-corrected chi connectivity index (χ4v) is 106. The molecule has 0 nitrogen and oxygen atoms in total. The van der Waals surface area contributed by atoms with Gasteiger partial charge in [-0.25, -0.2) is 0 Å². The molecule has 0 fully saturated rings. The van der Waals surface area contributed by atoms with Gasteiger partial charge in [0.25, 0.3) is 0 Å². The van der Waals surface area contributed by atoms with Crippen molar-refractivity contribution >= 4 is 28.1 Å². The summed E-state index contributed by atoms with van der Waals surface area (Å²) in [5, 5.41) is 0. The van der Waals surface area contributed by atoms with Crippen molar-refractivity contribution < 1.29 is 10.4 Å². The standard InChI is InChI=1S/3C12H27P.ClH.Co/c3*1-10(2)7-13(8-11(3)4)9-12(5)6;;/h3*10-12H,7-9H2,1-6H3;1H;/q;;;;-2/p+2. The van der Waals surface area contributed by atoms with Gasteiger partial charge in [0.15, 0.2) is 0 Å². The molecule has 0 spiro atoms. The third-order valence-corrected chi connectivity index (χ3v) is 80.6. The van der Waals surface area contributed by atoms with Gasteiger partial charge >= 0.3 is 272 Å². The van der Waals surface area contributed by atoms with E-state index in [1.165, 1.54) is 55.5 Å². The van der Waals surface area contributed by atoms with Crippen LogP contribution in [0.2, 0.25) is 0 Å². The summed E-state index contributed by atoms with van der Waals surface area (Å²) in [6.07, 6.45) is 13.4. The van der Waals surface area contributed by atoms with Gasteiger partial charge in [-0.3, -0.25) is 0 Å². The van der Waals surface area contributed by atoms with E-state index in [0.29, 0.717) is 0 Å². The zero-order valence-corrected chi connectivity index (χ0v) is 36.6. The van der Waals surface area contributed by atoms with Crippen molar-refractivity contribution in [3.05, 3.63) is 0 Å². The third-order valence-electron chi connectivity index (χ3n) is 8.35. The van der Waals surface area contributed by atoms with Crippen molar-refractivity contribution in [2.45, 2.75) is 125 Å². The average Bonchev–Trinajstić information content (AvgIpc) is 2.67. The van der Waals surface area contributed by atoms with Crippen LogP contribution >= 0.6 is 28.1 Å². The third kappa shape index (κ3) is 12.3. The van der Waals surface area contributed by atoms with E-state index in [0.717, 1.165) is 53.3 Å². The van der Waals surface area contributed by atoms with Gasteiger partial charge in [-0.15, -0.1) is 0 Å². The molecule has 0 saturated carbocycles. The molecule has 0 saturated heterocycles. The van der Waals surface area contributed by atoms with Crippen molar-refractivity contribution in [2.75, 3.05) is 55.5 Å².